The van der Waals surface area contributed by atoms with Gasteiger partial charge in [-0.15, -0.1) is 11.3 Å². The van der Waals surface area contributed by atoms with Gasteiger partial charge in [-0.2, -0.15) is 0 Å². The predicted molar refractivity (Wildman–Crippen MR) is 71.7 cm³/mol. The van der Waals surface area contributed by atoms with Crippen molar-refractivity contribution in [2.45, 2.75) is 0 Å². The minimum atomic E-state index is 0.221. The number of rotatable bonds is 1. The first-order chi connectivity index (χ1) is 8.24. The van der Waals surface area contributed by atoms with Crippen molar-refractivity contribution in [1.82, 2.24) is 4.98 Å². The molecule has 0 unspecified atom stereocenters. The Kier molecular flexibility index (Phi) is 2.50. The fourth-order valence-corrected chi connectivity index (χ4v) is 2.77. The Hall–Kier alpha value is -1.58. The zero-order chi connectivity index (χ0) is 11.8. The first kappa shape index (κ1) is 10.6. The molecule has 84 valence electrons. The maximum Gasteiger partial charge on any atom is 0.142 e. The first-order valence-electron chi connectivity index (χ1n) is 5.08. The topological polar surface area (TPSA) is 33.1 Å². The van der Waals surface area contributed by atoms with Crippen LogP contribution in [0.4, 0.5) is 0 Å². The summed E-state index contributed by atoms with van der Waals surface area (Å²) in [6.45, 7) is 0. The maximum absolute atomic E-state index is 9.70. The average molecular weight is 262 g/mol. The quantitative estimate of drug-likeness (QED) is 0.708. The lowest BCUT2D eigenvalue weighted by Crippen LogP contribution is -1.75. The molecule has 3 aromatic rings. The van der Waals surface area contributed by atoms with Crippen LogP contribution in [0.25, 0.3) is 20.8 Å². The van der Waals surface area contributed by atoms with Crippen molar-refractivity contribution in [2.75, 3.05) is 0 Å². The van der Waals surface area contributed by atoms with Gasteiger partial charge in [-0.25, -0.2) is 4.98 Å². The van der Waals surface area contributed by atoms with Gasteiger partial charge in [0.05, 0.1) is 4.70 Å². The summed E-state index contributed by atoms with van der Waals surface area (Å²) >= 11 is 7.40. The van der Waals surface area contributed by atoms with E-state index in [9.17, 15) is 5.11 Å². The Morgan fingerprint density at radius 1 is 1.06 bits per heavy atom. The summed E-state index contributed by atoms with van der Waals surface area (Å²) in [6.07, 6.45) is 0. The number of aromatic hydroxyl groups is 1. The van der Waals surface area contributed by atoms with Crippen LogP contribution in [0.2, 0.25) is 5.02 Å². The highest BCUT2D eigenvalue weighted by Gasteiger charge is 2.08. The van der Waals surface area contributed by atoms with Crippen LogP contribution in [0.15, 0.2) is 42.5 Å². The van der Waals surface area contributed by atoms with Gasteiger partial charge >= 0.3 is 0 Å². The smallest absolute Gasteiger partial charge is 0.142 e. The molecule has 0 aliphatic carbocycles. The third kappa shape index (κ3) is 1.88. The van der Waals surface area contributed by atoms with E-state index in [-0.39, 0.29) is 5.75 Å². The number of halogens is 1. The lowest BCUT2D eigenvalue weighted by atomic mass is 10.2. The molecule has 1 N–H and O–H groups in total. The number of nitrogens with zero attached hydrogens (tertiary/aromatic N) is 1. The first-order valence-corrected chi connectivity index (χ1v) is 6.28. The number of aromatic nitrogens is 1. The number of benzene rings is 2. The fourth-order valence-electron chi connectivity index (χ4n) is 1.65. The molecule has 17 heavy (non-hydrogen) atoms. The van der Waals surface area contributed by atoms with Gasteiger partial charge in [-0.1, -0.05) is 29.8 Å². The molecule has 0 atom stereocenters. The molecule has 4 heteroatoms. The summed E-state index contributed by atoms with van der Waals surface area (Å²) in [6, 6.07) is 12.9. The highest BCUT2D eigenvalue weighted by Crippen LogP contribution is 2.34. The van der Waals surface area contributed by atoms with Crippen LogP contribution in [-0.4, -0.2) is 10.1 Å². The molecule has 0 radical (unpaired) electrons. The van der Waals surface area contributed by atoms with Crippen LogP contribution in [0.5, 0.6) is 5.75 Å². The van der Waals surface area contributed by atoms with Gasteiger partial charge < -0.3 is 5.11 Å². The summed E-state index contributed by atoms with van der Waals surface area (Å²) in [5, 5.41) is 11.3. The molecule has 0 fully saturated rings. The maximum atomic E-state index is 9.70. The fraction of sp³-hybridized carbons (Fsp3) is 0. The van der Waals surface area contributed by atoms with Crippen molar-refractivity contribution >= 4 is 33.2 Å². The average Bonchev–Trinajstić information content (AvgIpc) is 2.75. The normalized spacial score (nSPS) is 10.9. The molecule has 3 rings (SSSR count). The lowest BCUT2D eigenvalue weighted by molar-refractivity contribution is 0.480. The van der Waals surface area contributed by atoms with Crippen molar-refractivity contribution < 1.29 is 5.11 Å². The number of hydrogen-bond acceptors (Lipinski definition) is 3. The lowest BCUT2D eigenvalue weighted by Gasteiger charge is -1.94. The number of phenolic OH excluding ortho intramolecular Hbond substituents is 1. The summed E-state index contributed by atoms with van der Waals surface area (Å²) in [5.74, 6) is 0.221. The van der Waals surface area contributed by atoms with Gasteiger partial charge in [0.25, 0.3) is 0 Å². The van der Waals surface area contributed by atoms with Gasteiger partial charge in [-0.3, -0.25) is 0 Å². The molecule has 2 aromatic carbocycles. The van der Waals surface area contributed by atoms with E-state index in [0.717, 1.165) is 15.3 Å². The van der Waals surface area contributed by atoms with Crippen molar-refractivity contribution in [1.29, 1.82) is 0 Å². The van der Waals surface area contributed by atoms with Crippen LogP contribution >= 0.6 is 22.9 Å². The van der Waals surface area contributed by atoms with E-state index in [1.807, 2.05) is 36.4 Å². The zero-order valence-electron chi connectivity index (χ0n) is 8.72. The number of hydrogen-bond donors (Lipinski definition) is 1. The van der Waals surface area contributed by atoms with E-state index in [2.05, 4.69) is 4.98 Å². The minimum absolute atomic E-state index is 0.221. The Balaban J connectivity index is 2.18. The van der Waals surface area contributed by atoms with E-state index in [0.29, 0.717) is 10.5 Å². The largest absolute Gasteiger partial charge is 0.506 e. The molecule has 0 saturated carbocycles. The molecule has 0 amide bonds. The predicted octanol–water partition coefficient (Wildman–Crippen LogP) is 4.32. The van der Waals surface area contributed by atoms with E-state index >= 15 is 0 Å². The van der Waals surface area contributed by atoms with E-state index in [1.165, 1.54) is 0 Å². The molecule has 1 heterocycles. The third-order valence-corrected chi connectivity index (χ3v) is 3.81. The minimum Gasteiger partial charge on any atom is -0.506 e. The van der Waals surface area contributed by atoms with Crippen molar-refractivity contribution in [2.24, 2.45) is 0 Å². The van der Waals surface area contributed by atoms with E-state index in [1.54, 1.807) is 17.4 Å². The second-order valence-corrected chi connectivity index (χ2v) is 5.12. The van der Waals surface area contributed by atoms with Gasteiger partial charge in [-0.05, 0) is 24.3 Å². The van der Waals surface area contributed by atoms with Crippen LogP contribution < -0.4 is 0 Å². The monoisotopic (exact) mass is 261 g/mol. The van der Waals surface area contributed by atoms with E-state index < -0.39 is 0 Å². The summed E-state index contributed by atoms with van der Waals surface area (Å²) in [5.41, 5.74) is 1.66. The SMILES string of the molecule is Oc1cccc2sc(-c3ccc(Cl)cc3)nc12. The molecular weight excluding hydrogens is 254 g/mol. The Bertz CT molecular complexity index is 675. The Morgan fingerprint density at radius 2 is 1.82 bits per heavy atom. The number of thiazole rings is 1. The van der Waals surface area contributed by atoms with Crippen LogP contribution in [0.3, 0.4) is 0 Å². The van der Waals surface area contributed by atoms with Crippen LogP contribution in [0.1, 0.15) is 0 Å². The molecule has 1 aromatic heterocycles. The van der Waals surface area contributed by atoms with Crippen molar-refractivity contribution in [3.8, 4) is 16.3 Å². The van der Waals surface area contributed by atoms with Crippen molar-refractivity contribution in [3.63, 3.8) is 0 Å². The Labute approximate surface area is 107 Å². The number of phenols is 1. The number of fused-ring (bicyclic) bond motifs is 1. The molecular formula is C13H8ClNOS. The molecule has 0 aliphatic rings. The van der Waals surface area contributed by atoms with Gasteiger partial charge in [0.1, 0.15) is 16.3 Å². The summed E-state index contributed by atoms with van der Waals surface area (Å²) in [4.78, 5) is 4.44. The van der Waals surface area contributed by atoms with Gasteiger partial charge in [0, 0.05) is 10.6 Å². The van der Waals surface area contributed by atoms with Crippen LogP contribution in [0, 0.1) is 0 Å². The highest BCUT2D eigenvalue weighted by molar-refractivity contribution is 7.21. The number of para-hydroxylation sites is 1. The zero-order valence-corrected chi connectivity index (χ0v) is 10.3. The van der Waals surface area contributed by atoms with Gasteiger partial charge in [0.2, 0.25) is 0 Å². The van der Waals surface area contributed by atoms with Gasteiger partial charge in [0.15, 0.2) is 0 Å². The summed E-state index contributed by atoms with van der Waals surface area (Å²) < 4.78 is 0.981. The molecule has 0 bridgehead atoms. The molecule has 2 nitrogen and oxygen atoms in total. The Morgan fingerprint density at radius 3 is 2.53 bits per heavy atom. The standard InChI is InChI=1S/C13H8ClNOS/c14-9-6-4-8(5-7-9)13-15-12-10(16)2-1-3-11(12)17-13/h1-7,16H. The van der Waals surface area contributed by atoms with E-state index in [4.69, 9.17) is 11.6 Å². The second-order valence-electron chi connectivity index (χ2n) is 3.65. The third-order valence-electron chi connectivity index (χ3n) is 2.49. The van der Waals surface area contributed by atoms with Crippen molar-refractivity contribution in [3.05, 3.63) is 47.5 Å². The molecule has 0 saturated heterocycles. The van der Waals surface area contributed by atoms with Crippen LogP contribution in [-0.2, 0) is 0 Å². The highest BCUT2D eigenvalue weighted by atomic mass is 35.5. The molecule has 0 spiro atoms. The summed E-state index contributed by atoms with van der Waals surface area (Å²) in [7, 11) is 0. The second kappa shape index (κ2) is 4.02. The molecule has 0 aliphatic heterocycles.